The van der Waals surface area contributed by atoms with Crippen LogP contribution >= 0.6 is 0 Å². The van der Waals surface area contributed by atoms with Crippen LogP contribution in [0.15, 0.2) is 12.2 Å². The third kappa shape index (κ3) is 6.08. The van der Waals surface area contributed by atoms with Crippen molar-refractivity contribution in [3.05, 3.63) is 12.2 Å². The summed E-state index contributed by atoms with van der Waals surface area (Å²) in [5.41, 5.74) is 0.00121. The van der Waals surface area contributed by atoms with Gasteiger partial charge in [-0.2, -0.15) is 0 Å². The number of hydrogen-bond acceptors (Lipinski definition) is 10. The normalized spacial score (nSPS) is 27.1. The maximum absolute atomic E-state index is 11.6. The Bertz CT molecular complexity index is 606. The van der Waals surface area contributed by atoms with Gasteiger partial charge in [-0.25, -0.2) is 0 Å². The number of rotatable bonds is 5. The molecule has 27 heavy (non-hydrogen) atoms. The summed E-state index contributed by atoms with van der Waals surface area (Å²) in [6, 6.07) is 0. The fourth-order valence-corrected chi connectivity index (χ4v) is 2.73. The second-order valence-corrected chi connectivity index (χ2v) is 5.86. The molecule has 0 bridgehead atoms. The standard InChI is InChI=1S/C17H22O10/c1-7-13(23-8(2)18)15(25-10(4)20)17(27-12(6)22)16(26-11(5)21)14(7)24-9(3)19/h13-17H,1H2,2-6H3/t13?,14?,15-,16?,17?/m1/s1. The molecule has 5 atom stereocenters. The molecule has 0 N–H and O–H groups in total. The monoisotopic (exact) mass is 386 g/mol. The third-order valence-corrected chi connectivity index (χ3v) is 3.47. The lowest BCUT2D eigenvalue weighted by Gasteiger charge is -2.44. The topological polar surface area (TPSA) is 132 Å². The zero-order valence-electron chi connectivity index (χ0n) is 15.7. The molecule has 10 nitrogen and oxygen atoms in total. The van der Waals surface area contributed by atoms with Crippen LogP contribution in [0.3, 0.4) is 0 Å². The average Bonchev–Trinajstić information content (AvgIpc) is 2.49. The lowest BCUT2D eigenvalue weighted by atomic mass is 9.82. The van der Waals surface area contributed by atoms with E-state index < -0.39 is 60.4 Å². The molecule has 1 fully saturated rings. The SMILES string of the molecule is C=C1C(OC(C)=O)C(OC(C)=O)C(OC(C)=O)[C@H](OC(C)=O)C1OC(C)=O. The van der Waals surface area contributed by atoms with Crippen molar-refractivity contribution in [2.75, 3.05) is 0 Å². The van der Waals surface area contributed by atoms with Gasteiger partial charge in [-0.1, -0.05) is 6.58 Å². The van der Waals surface area contributed by atoms with Gasteiger partial charge < -0.3 is 23.7 Å². The highest BCUT2D eigenvalue weighted by Crippen LogP contribution is 2.35. The van der Waals surface area contributed by atoms with Crippen molar-refractivity contribution in [1.29, 1.82) is 0 Å². The summed E-state index contributed by atoms with van der Waals surface area (Å²) in [5.74, 6) is -3.81. The van der Waals surface area contributed by atoms with Gasteiger partial charge in [0.15, 0.2) is 30.5 Å². The third-order valence-electron chi connectivity index (χ3n) is 3.47. The van der Waals surface area contributed by atoms with Crippen LogP contribution in [0.25, 0.3) is 0 Å². The molecule has 1 aliphatic carbocycles. The summed E-state index contributed by atoms with van der Waals surface area (Å²) in [7, 11) is 0. The van der Waals surface area contributed by atoms with Gasteiger partial charge >= 0.3 is 29.8 Å². The molecule has 0 aromatic heterocycles. The number of carbonyl (C=O) groups is 5. The molecule has 0 aliphatic heterocycles. The molecule has 0 spiro atoms. The first-order valence-electron chi connectivity index (χ1n) is 7.98. The Balaban J connectivity index is 3.48. The highest BCUT2D eigenvalue weighted by molar-refractivity contribution is 5.70. The van der Waals surface area contributed by atoms with Crippen LogP contribution in [0.2, 0.25) is 0 Å². The maximum atomic E-state index is 11.6. The molecule has 1 aliphatic rings. The first-order valence-corrected chi connectivity index (χ1v) is 7.98. The van der Waals surface area contributed by atoms with Crippen molar-refractivity contribution >= 4 is 29.8 Å². The number of esters is 5. The summed E-state index contributed by atoms with van der Waals surface area (Å²) in [6.45, 7) is 9.23. The van der Waals surface area contributed by atoms with E-state index in [0.29, 0.717) is 0 Å². The fourth-order valence-electron chi connectivity index (χ4n) is 2.73. The smallest absolute Gasteiger partial charge is 0.303 e. The van der Waals surface area contributed by atoms with Crippen LogP contribution < -0.4 is 0 Å². The average molecular weight is 386 g/mol. The second-order valence-electron chi connectivity index (χ2n) is 5.86. The molecule has 150 valence electrons. The van der Waals surface area contributed by atoms with Crippen molar-refractivity contribution in [2.45, 2.75) is 65.1 Å². The van der Waals surface area contributed by atoms with Gasteiger partial charge in [0.1, 0.15) is 0 Å². The van der Waals surface area contributed by atoms with E-state index in [1.165, 1.54) is 0 Å². The summed E-state index contributed by atoms with van der Waals surface area (Å²) < 4.78 is 25.8. The van der Waals surface area contributed by atoms with Gasteiger partial charge in [0.2, 0.25) is 0 Å². The number of carbonyl (C=O) groups excluding carboxylic acids is 5. The molecule has 1 saturated carbocycles. The molecule has 4 unspecified atom stereocenters. The van der Waals surface area contributed by atoms with E-state index in [1.54, 1.807) is 0 Å². The minimum Gasteiger partial charge on any atom is -0.454 e. The Morgan fingerprint density at radius 1 is 0.556 bits per heavy atom. The Kier molecular flexibility index (Phi) is 7.50. The predicted molar refractivity (Wildman–Crippen MR) is 86.9 cm³/mol. The first-order chi connectivity index (χ1) is 12.4. The highest BCUT2D eigenvalue weighted by Gasteiger charge is 2.55. The van der Waals surface area contributed by atoms with Gasteiger partial charge in [0, 0.05) is 40.2 Å². The summed E-state index contributed by atoms with van der Waals surface area (Å²) in [6.07, 6.45) is -6.73. The number of hydrogen-bond donors (Lipinski definition) is 0. The second kappa shape index (κ2) is 9.15. The van der Waals surface area contributed by atoms with E-state index in [1.807, 2.05) is 0 Å². The van der Waals surface area contributed by atoms with Crippen molar-refractivity contribution < 1.29 is 47.7 Å². The highest BCUT2D eigenvalue weighted by atomic mass is 16.6. The maximum Gasteiger partial charge on any atom is 0.303 e. The Morgan fingerprint density at radius 2 is 0.815 bits per heavy atom. The molecular formula is C17H22O10. The van der Waals surface area contributed by atoms with Crippen LogP contribution in [-0.4, -0.2) is 60.4 Å². The Labute approximate surface area is 155 Å². The van der Waals surface area contributed by atoms with Crippen LogP contribution in [0.1, 0.15) is 34.6 Å². The summed E-state index contributed by atoms with van der Waals surface area (Å²) >= 11 is 0. The molecule has 1 rings (SSSR count). The van der Waals surface area contributed by atoms with E-state index in [0.717, 1.165) is 34.6 Å². The molecule has 0 heterocycles. The minimum absolute atomic E-state index is 0.00121. The van der Waals surface area contributed by atoms with Gasteiger partial charge in [0.25, 0.3) is 0 Å². The molecule has 0 amide bonds. The van der Waals surface area contributed by atoms with Crippen molar-refractivity contribution in [1.82, 2.24) is 0 Å². The van der Waals surface area contributed by atoms with Gasteiger partial charge in [-0.05, 0) is 0 Å². The van der Waals surface area contributed by atoms with Crippen molar-refractivity contribution in [2.24, 2.45) is 0 Å². The van der Waals surface area contributed by atoms with E-state index in [-0.39, 0.29) is 5.57 Å². The molecule has 10 heteroatoms. The minimum atomic E-state index is -1.41. The van der Waals surface area contributed by atoms with Crippen LogP contribution in [-0.2, 0) is 47.7 Å². The molecular weight excluding hydrogens is 364 g/mol. The predicted octanol–water partition coefficient (Wildman–Crippen LogP) is 0.215. The zero-order valence-corrected chi connectivity index (χ0v) is 15.7. The van der Waals surface area contributed by atoms with Crippen molar-refractivity contribution in [3.63, 3.8) is 0 Å². The summed E-state index contributed by atoms with van der Waals surface area (Å²) in [5, 5.41) is 0. The van der Waals surface area contributed by atoms with Crippen LogP contribution in [0, 0.1) is 0 Å². The first kappa shape index (κ1) is 22.1. The quantitative estimate of drug-likeness (QED) is 0.367. The fraction of sp³-hybridized carbons (Fsp3) is 0.588. The van der Waals surface area contributed by atoms with Gasteiger partial charge in [-0.3, -0.25) is 24.0 Å². The molecule has 0 aromatic rings. The molecule has 0 radical (unpaired) electrons. The van der Waals surface area contributed by atoms with E-state index in [2.05, 4.69) is 6.58 Å². The Hall–Kier alpha value is -2.91. The van der Waals surface area contributed by atoms with E-state index in [9.17, 15) is 24.0 Å². The van der Waals surface area contributed by atoms with E-state index >= 15 is 0 Å². The Morgan fingerprint density at radius 3 is 1.07 bits per heavy atom. The number of ether oxygens (including phenoxy) is 5. The lowest BCUT2D eigenvalue weighted by Crippen LogP contribution is -2.62. The van der Waals surface area contributed by atoms with E-state index in [4.69, 9.17) is 23.7 Å². The summed E-state index contributed by atoms with van der Waals surface area (Å²) in [4.78, 5) is 57.7. The van der Waals surface area contributed by atoms with Gasteiger partial charge in [-0.15, -0.1) is 0 Å². The largest absolute Gasteiger partial charge is 0.454 e. The zero-order chi connectivity index (χ0) is 20.9. The molecule has 0 saturated heterocycles. The van der Waals surface area contributed by atoms with Crippen LogP contribution in [0.4, 0.5) is 0 Å². The van der Waals surface area contributed by atoms with Gasteiger partial charge in [0.05, 0.1) is 0 Å². The van der Waals surface area contributed by atoms with Crippen molar-refractivity contribution in [3.8, 4) is 0 Å². The molecule has 0 aromatic carbocycles. The lowest BCUT2D eigenvalue weighted by molar-refractivity contribution is -0.217. The van der Waals surface area contributed by atoms with Crippen LogP contribution in [0.5, 0.6) is 0 Å².